The van der Waals surface area contributed by atoms with Crippen LogP contribution in [-0.2, 0) is 15.0 Å². The van der Waals surface area contributed by atoms with E-state index >= 15 is 0 Å². The van der Waals surface area contributed by atoms with Crippen LogP contribution in [0.3, 0.4) is 0 Å². The van der Waals surface area contributed by atoms with E-state index in [4.69, 9.17) is 9.47 Å². The number of H-pyrrole nitrogens is 2. The van der Waals surface area contributed by atoms with Crippen LogP contribution >= 0.6 is 0 Å². The molecule has 2 fully saturated rings. The highest BCUT2D eigenvalue weighted by molar-refractivity contribution is 5.00. The molecular formula is C12H17N3O6. The zero-order chi connectivity index (χ0) is 15.2. The van der Waals surface area contributed by atoms with Crippen molar-refractivity contribution in [1.82, 2.24) is 14.5 Å². The largest absolute Gasteiger partial charge is 0.391 e. The Kier molecular flexibility index (Phi) is 3.34. The van der Waals surface area contributed by atoms with Crippen LogP contribution in [0.5, 0.6) is 0 Å². The fraction of sp³-hybridized carbons (Fsp3) is 0.750. The Labute approximate surface area is 118 Å². The molecule has 2 aliphatic rings. The van der Waals surface area contributed by atoms with Crippen LogP contribution in [0.15, 0.2) is 14.4 Å². The first kappa shape index (κ1) is 14.2. The van der Waals surface area contributed by atoms with E-state index < -0.39 is 28.7 Å². The molecule has 21 heavy (non-hydrogen) atoms. The number of aliphatic hydroxyl groups is 1. The van der Waals surface area contributed by atoms with Gasteiger partial charge in [0.05, 0.1) is 37.1 Å². The molecule has 0 amide bonds. The monoisotopic (exact) mass is 299 g/mol. The number of rotatable bonds is 6. The summed E-state index contributed by atoms with van der Waals surface area (Å²) in [6, 6.07) is 0. The summed E-state index contributed by atoms with van der Waals surface area (Å²) < 4.78 is 11.3. The maximum absolute atomic E-state index is 12.1. The average molecular weight is 299 g/mol. The molecule has 2 saturated heterocycles. The zero-order valence-corrected chi connectivity index (χ0v) is 11.5. The summed E-state index contributed by atoms with van der Waals surface area (Å²) in [6.07, 6.45) is -0.609. The molecule has 1 aromatic heterocycles. The van der Waals surface area contributed by atoms with Gasteiger partial charge in [0.2, 0.25) is 0 Å². The molecule has 0 bridgehead atoms. The lowest BCUT2D eigenvalue weighted by Crippen LogP contribution is -2.58. The Hall–Kier alpha value is -1.71. The number of epoxide rings is 2. The summed E-state index contributed by atoms with van der Waals surface area (Å²) in [6.45, 7) is 2.56. The van der Waals surface area contributed by atoms with Crippen molar-refractivity contribution < 1.29 is 14.6 Å². The lowest BCUT2D eigenvalue weighted by molar-refractivity contribution is 0.0151. The van der Waals surface area contributed by atoms with E-state index in [-0.39, 0.29) is 12.2 Å². The van der Waals surface area contributed by atoms with Gasteiger partial charge in [-0.1, -0.05) is 0 Å². The van der Waals surface area contributed by atoms with E-state index in [1.54, 1.807) is 0 Å². The average Bonchev–Trinajstić information content (AvgIpc) is 3.23. The minimum absolute atomic E-state index is 0.114. The number of nitrogens with zero attached hydrogens (tertiary/aromatic N) is 1. The maximum Gasteiger partial charge on any atom is 0.334 e. The zero-order valence-electron chi connectivity index (χ0n) is 11.5. The summed E-state index contributed by atoms with van der Waals surface area (Å²) in [4.78, 5) is 39.5. The molecule has 0 radical (unpaired) electrons. The number of ether oxygens (including phenoxy) is 2. The molecule has 3 heterocycles. The van der Waals surface area contributed by atoms with Gasteiger partial charge < -0.3 is 14.6 Å². The highest BCUT2D eigenvalue weighted by atomic mass is 16.6. The number of aromatic amines is 2. The van der Waals surface area contributed by atoms with Gasteiger partial charge in [-0.05, 0) is 6.92 Å². The van der Waals surface area contributed by atoms with Crippen molar-refractivity contribution in [3.05, 3.63) is 31.5 Å². The Morgan fingerprint density at radius 3 is 1.95 bits per heavy atom. The van der Waals surface area contributed by atoms with Crippen LogP contribution in [0.4, 0.5) is 0 Å². The van der Waals surface area contributed by atoms with E-state index in [0.717, 1.165) is 4.57 Å². The number of hydrogen-bond donors (Lipinski definition) is 3. The molecule has 3 rings (SSSR count). The molecule has 1 aromatic rings. The lowest BCUT2D eigenvalue weighted by atomic mass is 9.83. The van der Waals surface area contributed by atoms with Gasteiger partial charge in [-0.25, -0.2) is 19.0 Å². The third-order valence-corrected chi connectivity index (χ3v) is 4.04. The third-order valence-electron chi connectivity index (χ3n) is 4.04. The summed E-state index contributed by atoms with van der Waals surface area (Å²) >= 11 is 0. The Bertz CT molecular complexity index is 646. The van der Waals surface area contributed by atoms with Gasteiger partial charge in [0, 0.05) is 12.8 Å². The second-order valence-electron chi connectivity index (χ2n) is 5.62. The molecule has 0 saturated carbocycles. The van der Waals surface area contributed by atoms with Gasteiger partial charge in [-0.2, -0.15) is 0 Å². The first-order valence-corrected chi connectivity index (χ1v) is 6.80. The van der Waals surface area contributed by atoms with Crippen LogP contribution in [0, 0.1) is 0 Å². The molecular weight excluding hydrogens is 282 g/mol. The maximum atomic E-state index is 12.1. The molecule has 3 unspecified atom stereocenters. The molecule has 0 aromatic carbocycles. The van der Waals surface area contributed by atoms with Crippen molar-refractivity contribution in [2.75, 3.05) is 13.2 Å². The van der Waals surface area contributed by atoms with E-state index in [2.05, 4.69) is 0 Å². The lowest BCUT2D eigenvalue weighted by Gasteiger charge is -2.36. The summed E-state index contributed by atoms with van der Waals surface area (Å²) in [5.41, 5.74) is -3.72. The smallest absolute Gasteiger partial charge is 0.334 e. The number of hydrogen-bond acceptors (Lipinski definition) is 6. The fourth-order valence-corrected chi connectivity index (χ4v) is 2.79. The predicted octanol–water partition coefficient (Wildman–Crippen LogP) is -2.12. The molecule has 9 heteroatoms. The van der Waals surface area contributed by atoms with Crippen LogP contribution in [0.2, 0.25) is 0 Å². The Morgan fingerprint density at radius 2 is 1.62 bits per heavy atom. The number of aromatic nitrogens is 3. The molecule has 0 spiro atoms. The summed E-state index contributed by atoms with van der Waals surface area (Å²) in [5.74, 6) is 0. The molecule has 2 aliphatic heterocycles. The number of aliphatic hydroxyl groups excluding tert-OH is 1. The SMILES string of the molecule is CC(O)C(CC1CO1)(CC1CO1)n1c(=O)[nH]c(=O)[nH]c1=O. The highest BCUT2D eigenvalue weighted by Crippen LogP contribution is 2.37. The topological polar surface area (TPSA) is 133 Å². The minimum atomic E-state index is -1.17. The van der Waals surface area contributed by atoms with Crippen molar-refractivity contribution >= 4 is 0 Å². The first-order valence-electron chi connectivity index (χ1n) is 6.80. The van der Waals surface area contributed by atoms with Crippen molar-refractivity contribution in [3.8, 4) is 0 Å². The molecule has 3 atom stereocenters. The molecule has 0 aliphatic carbocycles. The van der Waals surface area contributed by atoms with Gasteiger partial charge >= 0.3 is 17.1 Å². The predicted molar refractivity (Wildman–Crippen MR) is 70.3 cm³/mol. The molecule has 3 N–H and O–H groups in total. The second kappa shape index (κ2) is 4.93. The van der Waals surface area contributed by atoms with Crippen LogP contribution in [-0.4, -0.2) is 51.2 Å². The highest BCUT2D eigenvalue weighted by Gasteiger charge is 2.48. The third kappa shape index (κ3) is 2.71. The van der Waals surface area contributed by atoms with Crippen LogP contribution < -0.4 is 17.1 Å². The Morgan fingerprint density at radius 1 is 1.19 bits per heavy atom. The van der Waals surface area contributed by atoms with Crippen molar-refractivity contribution in [2.45, 2.75) is 43.6 Å². The number of nitrogens with one attached hydrogen (secondary N) is 2. The first-order chi connectivity index (χ1) is 9.92. The van der Waals surface area contributed by atoms with Crippen LogP contribution in [0.1, 0.15) is 19.8 Å². The quantitative estimate of drug-likeness (QED) is 0.514. The van der Waals surface area contributed by atoms with E-state index in [9.17, 15) is 19.5 Å². The van der Waals surface area contributed by atoms with Crippen LogP contribution in [0.25, 0.3) is 0 Å². The standard InChI is InChI=1S/C12H17N3O6/c1-6(16)12(2-7-4-20-7,3-8-5-21-8)15-10(18)13-9(17)14-11(15)19/h6-8,16H,2-5H2,1H3,(H2,13,14,17,18,19). The van der Waals surface area contributed by atoms with Gasteiger partial charge in [0.1, 0.15) is 0 Å². The fourth-order valence-electron chi connectivity index (χ4n) is 2.79. The van der Waals surface area contributed by atoms with Gasteiger partial charge in [-0.15, -0.1) is 0 Å². The Balaban J connectivity index is 2.14. The van der Waals surface area contributed by atoms with Gasteiger partial charge in [0.25, 0.3) is 0 Å². The minimum Gasteiger partial charge on any atom is -0.391 e. The van der Waals surface area contributed by atoms with Gasteiger partial charge in [-0.3, -0.25) is 9.97 Å². The van der Waals surface area contributed by atoms with E-state index in [1.807, 2.05) is 9.97 Å². The van der Waals surface area contributed by atoms with E-state index in [1.165, 1.54) is 6.92 Å². The summed E-state index contributed by atoms with van der Waals surface area (Å²) in [7, 11) is 0. The van der Waals surface area contributed by atoms with E-state index in [0.29, 0.717) is 26.1 Å². The second-order valence-corrected chi connectivity index (χ2v) is 5.62. The summed E-state index contributed by atoms with van der Waals surface area (Å²) in [5, 5.41) is 10.3. The van der Waals surface area contributed by atoms with Crippen molar-refractivity contribution in [2.24, 2.45) is 0 Å². The van der Waals surface area contributed by atoms with Crippen molar-refractivity contribution in [3.63, 3.8) is 0 Å². The van der Waals surface area contributed by atoms with Gasteiger partial charge in [0.15, 0.2) is 0 Å². The normalized spacial score (nSPS) is 27.9. The molecule has 116 valence electrons. The van der Waals surface area contributed by atoms with Crippen molar-refractivity contribution in [1.29, 1.82) is 0 Å². The molecule has 9 nitrogen and oxygen atoms in total.